The first-order valence-corrected chi connectivity index (χ1v) is 18.4. The first-order valence-electron chi connectivity index (χ1n) is 17.6. The molecule has 5 aromatic carbocycles. The lowest BCUT2D eigenvalue weighted by Gasteiger charge is -2.31. The number of benzene rings is 5. The van der Waals surface area contributed by atoms with Crippen LogP contribution in [0.5, 0.6) is 0 Å². The Morgan fingerprint density at radius 2 is 1.46 bits per heavy atom. The van der Waals surface area contributed by atoms with Crippen molar-refractivity contribution >= 4 is 37.7 Å². The first-order chi connectivity index (χ1) is 24.8. The zero-order valence-corrected chi connectivity index (χ0v) is 28.2. The van der Waals surface area contributed by atoms with E-state index in [1.807, 2.05) is 17.5 Å². The van der Waals surface area contributed by atoms with Gasteiger partial charge in [0.05, 0.1) is 11.1 Å². The number of thiophene rings is 1. The quantitative estimate of drug-likeness (QED) is 0.186. The van der Waals surface area contributed by atoms with Gasteiger partial charge in [-0.15, -0.1) is 11.3 Å². The van der Waals surface area contributed by atoms with E-state index in [0.717, 1.165) is 24.1 Å². The Kier molecular flexibility index (Phi) is 6.03. The number of rotatable bonds is 3. The van der Waals surface area contributed by atoms with E-state index in [9.17, 15) is 0 Å². The van der Waals surface area contributed by atoms with Crippen molar-refractivity contribution in [2.24, 2.45) is 4.99 Å². The molecule has 1 spiro atoms. The molecule has 0 N–H and O–H groups in total. The second-order valence-corrected chi connectivity index (χ2v) is 15.0. The second kappa shape index (κ2) is 10.7. The van der Waals surface area contributed by atoms with Gasteiger partial charge in [0.25, 0.3) is 0 Å². The van der Waals surface area contributed by atoms with Gasteiger partial charge in [-0.1, -0.05) is 121 Å². The Hall–Kier alpha value is -5.64. The third-order valence-corrected chi connectivity index (χ3v) is 12.7. The molecule has 3 unspecified atom stereocenters. The fraction of sp³-hybridized carbons (Fsp3) is 0.106. The average Bonchev–Trinajstić information content (AvgIpc) is 3.82. The summed E-state index contributed by atoms with van der Waals surface area (Å²) in [6.45, 7) is 0. The molecule has 4 aliphatic rings. The van der Waals surface area contributed by atoms with E-state index in [1.54, 1.807) is 0 Å². The molecule has 0 fully saturated rings. The van der Waals surface area contributed by atoms with Crippen molar-refractivity contribution in [3.05, 3.63) is 185 Å². The predicted molar refractivity (Wildman–Crippen MR) is 209 cm³/mol. The smallest absolute Gasteiger partial charge is 0.0726 e. The van der Waals surface area contributed by atoms with Gasteiger partial charge < -0.3 is 0 Å². The van der Waals surface area contributed by atoms with E-state index in [4.69, 9.17) is 4.98 Å². The summed E-state index contributed by atoms with van der Waals surface area (Å²) < 4.78 is 2.72. The molecule has 0 radical (unpaired) electrons. The molecule has 0 saturated carbocycles. The molecule has 3 heterocycles. The molecule has 236 valence electrons. The minimum absolute atomic E-state index is 0.264. The van der Waals surface area contributed by atoms with E-state index >= 15 is 0 Å². The van der Waals surface area contributed by atoms with Gasteiger partial charge in [0, 0.05) is 61.7 Å². The highest BCUT2D eigenvalue weighted by Gasteiger charge is 2.52. The zero-order valence-electron chi connectivity index (χ0n) is 27.4. The van der Waals surface area contributed by atoms with E-state index in [-0.39, 0.29) is 5.92 Å². The lowest BCUT2D eigenvalue weighted by Crippen LogP contribution is -2.26. The molecule has 3 aliphatic carbocycles. The monoisotopic (exact) mass is 656 g/mol. The standard InChI is InChI=1S/C47H32N2S/c1-2-9-29(10-3-1)33-18-23-43(49-28-33)31-17-20-35-34-19-16-30(32-11-8-24-48-27-32)25-41(34)47(42(35)26-31)39-14-6-4-13-38(39)45-40(47)22-21-37-36-12-5-7-15-44(36)50-46(37)45/h1-9,12-29,32H,10-11H2. The highest BCUT2D eigenvalue weighted by Crippen LogP contribution is 2.65. The van der Waals surface area contributed by atoms with E-state index in [1.165, 1.54) is 75.8 Å². The van der Waals surface area contributed by atoms with Crippen LogP contribution in [0.25, 0.3) is 53.7 Å². The molecule has 11 rings (SSSR count). The Morgan fingerprint density at radius 1 is 0.620 bits per heavy atom. The number of hydrogen-bond acceptors (Lipinski definition) is 3. The third kappa shape index (κ3) is 3.84. The van der Waals surface area contributed by atoms with Crippen LogP contribution >= 0.6 is 11.3 Å². The van der Waals surface area contributed by atoms with Crippen LogP contribution in [0, 0.1) is 0 Å². The highest BCUT2D eigenvalue weighted by atomic mass is 32.1. The van der Waals surface area contributed by atoms with Crippen LogP contribution < -0.4 is 0 Å². The van der Waals surface area contributed by atoms with Crippen LogP contribution in [0.3, 0.4) is 0 Å². The van der Waals surface area contributed by atoms with Crippen molar-refractivity contribution in [1.29, 1.82) is 0 Å². The number of nitrogens with zero attached hydrogens (tertiary/aromatic N) is 2. The van der Waals surface area contributed by atoms with Gasteiger partial charge >= 0.3 is 0 Å². The lowest BCUT2D eigenvalue weighted by atomic mass is 9.69. The second-order valence-electron chi connectivity index (χ2n) is 14.0. The summed E-state index contributed by atoms with van der Waals surface area (Å²) >= 11 is 1.93. The van der Waals surface area contributed by atoms with Crippen LogP contribution in [0.2, 0.25) is 0 Å². The fourth-order valence-corrected chi connectivity index (χ4v) is 10.4. The Bertz CT molecular complexity index is 2670. The average molecular weight is 657 g/mol. The summed E-state index contributed by atoms with van der Waals surface area (Å²) in [6.07, 6.45) is 19.1. The van der Waals surface area contributed by atoms with E-state index < -0.39 is 5.41 Å². The molecule has 0 amide bonds. The van der Waals surface area contributed by atoms with Crippen molar-refractivity contribution in [3.63, 3.8) is 0 Å². The summed E-state index contributed by atoms with van der Waals surface area (Å²) in [6, 6.07) is 41.6. The minimum Gasteiger partial charge on any atom is -0.269 e. The highest BCUT2D eigenvalue weighted by molar-refractivity contribution is 7.26. The first kappa shape index (κ1) is 28.2. The Balaban J connectivity index is 1.18. The summed E-state index contributed by atoms with van der Waals surface area (Å²) in [4.78, 5) is 9.61. The van der Waals surface area contributed by atoms with Gasteiger partial charge in [-0.05, 0) is 81.1 Å². The van der Waals surface area contributed by atoms with E-state index in [0.29, 0.717) is 5.92 Å². The molecule has 3 heteroatoms. The van der Waals surface area contributed by atoms with Crippen molar-refractivity contribution in [2.75, 3.05) is 0 Å². The molecule has 7 aromatic rings. The molecule has 2 nitrogen and oxygen atoms in total. The molecular formula is C47H32N2S. The van der Waals surface area contributed by atoms with Crippen molar-refractivity contribution in [3.8, 4) is 33.5 Å². The summed E-state index contributed by atoms with van der Waals surface area (Å²) in [5.41, 5.74) is 15.1. The number of fused-ring (bicyclic) bond motifs is 14. The normalized spacial score (nSPS) is 20.8. The van der Waals surface area contributed by atoms with Crippen molar-refractivity contribution in [1.82, 2.24) is 4.98 Å². The lowest BCUT2D eigenvalue weighted by molar-refractivity contribution is 0.789. The number of hydrogen-bond donors (Lipinski definition) is 0. The van der Waals surface area contributed by atoms with Gasteiger partial charge in [-0.3, -0.25) is 9.98 Å². The minimum atomic E-state index is -0.451. The molecular weight excluding hydrogens is 625 g/mol. The largest absolute Gasteiger partial charge is 0.269 e. The molecule has 50 heavy (non-hydrogen) atoms. The Labute approximate surface area is 295 Å². The van der Waals surface area contributed by atoms with Crippen LogP contribution in [-0.2, 0) is 5.41 Å². The third-order valence-electron chi connectivity index (χ3n) is 11.5. The van der Waals surface area contributed by atoms with Crippen LogP contribution in [0.15, 0.2) is 157 Å². The van der Waals surface area contributed by atoms with Gasteiger partial charge in [0.2, 0.25) is 0 Å². The van der Waals surface area contributed by atoms with Crippen LogP contribution in [0.1, 0.15) is 58.1 Å². The number of pyridine rings is 1. The molecule has 0 saturated heterocycles. The van der Waals surface area contributed by atoms with Gasteiger partial charge in [-0.25, -0.2) is 0 Å². The summed E-state index contributed by atoms with van der Waals surface area (Å²) in [7, 11) is 0. The SMILES string of the molecule is C1=CCC(c2ccc(-c3ccc4c(c3)C3(c5cc(C6C=NC=CC6)ccc5-4)c4ccccc4-c4c3ccc3c4sc4ccccc43)nc2)C=C1. The fourth-order valence-electron chi connectivity index (χ4n) is 9.18. The van der Waals surface area contributed by atoms with Crippen molar-refractivity contribution in [2.45, 2.75) is 30.1 Å². The van der Waals surface area contributed by atoms with Crippen LogP contribution in [-0.4, -0.2) is 11.2 Å². The molecule has 3 atom stereocenters. The van der Waals surface area contributed by atoms with Crippen LogP contribution in [0.4, 0.5) is 0 Å². The Morgan fingerprint density at radius 3 is 2.32 bits per heavy atom. The topological polar surface area (TPSA) is 25.2 Å². The molecule has 1 aliphatic heterocycles. The maximum absolute atomic E-state index is 5.07. The van der Waals surface area contributed by atoms with Crippen molar-refractivity contribution < 1.29 is 0 Å². The molecule has 0 bridgehead atoms. The van der Waals surface area contributed by atoms with Gasteiger partial charge in [0.15, 0.2) is 0 Å². The maximum Gasteiger partial charge on any atom is 0.0726 e. The van der Waals surface area contributed by atoms with Gasteiger partial charge in [0.1, 0.15) is 0 Å². The van der Waals surface area contributed by atoms with E-state index in [2.05, 4.69) is 157 Å². The molecule has 2 aromatic heterocycles. The number of allylic oxidation sites excluding steroid dienone is 5. The predicted octanol–water partition coefficient (Wildman–Crippen LogP) is 12.1. The number of aromatic nitrogens is 1. The zero-order chi connectivity index (χ0) is 32.8. The van der Waals surface area contributed by atoms with Gasteiger partial charge in [-0.2, -0.15) is 0 Å². The number of aliphatic imine (C=N–C) groups is 1. The summed E-state index contributed by atoms with van der Waals surface area (Å²) in [5.74, 6) is 0.649. The summed E-state index contributed by atoms with van der Waals surface area (Å²) in [5, 5.41) is 2.68. The maximum atomic E-state index is 5.07.